The number of hydrogen-bond donors (Lipinski definition) is 3. The summed E-state index contributed by atoms with van der Waals surface area (Å²) in [5, 5.41) is 13.0. The van der Waals surface area contributed by atoms with Crippen LogP contribution in [0.3, 0.4) is 0 Å². The zero-order chi connectivity index (χ0) is 20.1. The molecule has 0 saturated carbocycles. The predicted octanol–water partition coefficient (Wildman–Crippen LogP) is 2.62. The van der Waals surface area contributed by atoms with Gasteiger partial charge >= 0.3 is 12.0 Å². The molecule has 3 rings (SSSR count). The van der Waals surface area contributed by atoms with E-state index in [0.717, 1.165) is 47.4 Å². The van der Waals surface area contributed by atoms with Crippen molar-refractivity contribution in [3.05, 3.63) is 23.9 Å². The van der Waals surface area contributed by atoms with Gasteiger partial charge in [0.2, 0.25) is 0 Å². The van der Waals surface area contributed by atoms with Crippen LogP contribution in [0.5, 0.6) is 11.5 Å². The minimum absolute atomic E-state index is 0.186. The third-order valence-electron chi connectivity index (χ3n) is 5.14. The zero-order valence-corrected chi connectivity index (χ0v) is 16.3. The molecule has 1 aliphatic heterocycles. The minimum Gasteiger partial charge on any atom is -0.497 e. The number of nitrogens with zero attached hydrogens (tertiary/aromatic N) is 1. The second kappa shape index (κ2) is 8.86. The van der Waals surface area contributed by atoms with Crippen molar-refractivity contribution in [2.45, 2.75) is 25.7 Å². The molecule has 1 aliphatic rings. The number of ether oxygens (including phenoxy) is 2. The second-order valence-electron chi connectivity index (χ2n) is 7.04. The van der Waals surface area contributed by atoms with E-state index in [9.17, 15) is 9.59 Å². The Hall–Kier alpha value is -2.90. The van der Waals surface area contributed by atoms with E-state index in [2.05, 4.69) is 16.4 Å². The van der Waals surface area contributed by atoms with Gasteiger partial charge in [0.1, 0.15) is 11.5 Å². The van der Waals surface area contributed by atoms with E-state index in [1.807, 2.05) is 12.1 Å². The average molecular weight is 389 g/mol. The van der Waals surface area contributed by atoms with Gasteiger partial charge in [-0.2, -0.15) is 0 Å². The Bertz CT molecular complexity index is 848. The van der Waals surface area contributed by atoms with E-state index in [4.69, 9.17) is 14.6 Å². The number of aryl methyl sites for hydroxylation is 1. The maximum atomic E-state index is 12.3. The van der Waals surface area contributed by atoms with E-state index >= 15 is 0 Å². The van der Waals surface area contributed by atoms with Crippen molar-refractivity contribution >= 4 is 22.9 Å². The molecule has 1 atom stereocenters. The lowest BCUT2D eigenvalue weighted by Crippen LogP contribution is -2.47. The molecule has 2 amide bonds. The maximum Gasteiger partial charge on any atom is 0.317 e. The number of hydrogen-bond acceptors (Lipinski definition) is 4. The fourth-order valence-corrected chi connectivity index (χ4v) is 3.61. The number of carbonyl (C=O) groups excluding carboxylic acids is 1. The molecule has 2 heterocycles. The van der Waals surface area contributed by atoms with Crippen molar-refractivity contribution in [2.75, 3.05) is 33.9 Å². The lowest BCUT2D eigenvalue weighted by Gasteiger charge is -2.30. The standard InChI is InChI=1S/C20H27N3O5/c1-27-15-10-17-16(18(11-15)28-2)9-14(22-17)6-3-7-21-20(26)23-8-4-5-13(12-23)19(24)25/h9-11,13,22H,3-8,12H2,1-2H3,(H,21,26)(H,24,25). The van der Waals surface area contributed by atoms with Crippen LogP contribution >= 0.6 is 0 Å². The number of nitrogens with one attached hydrogen (secondary N) is 2. The average Bonchev–Trinajstić information content (AvgIpc) is 3.13. The van der Waals surface area contributed by atoms with Gasteiger partial charge in [0, 0.05) is 42.8 Å². The number of amides is 2. The van der Waals surface area contributed by atoms with Crippen LogP contribution in [0.15, 0.2) is 18.2 Å². The highest BCUT2D eigenvalue weighted by Crippen LogP contribution is 2.31. The number of aromatic amines is 1. The predicted molar refractivity (Wildman–Crippen MR) is 105 cm³/mol. The highest BCUT2D eigenvalue weighted by molar-refractivity contribution is 5.88. The van der Waals surface area contributed by atoms with Crippen molar-refractivity contribution in [1.29, 1.82) is 0 Å². The van der Waals surface area contributed by atoms with E-state index in [-0.39, 0.29) is 12.6 Å². The normalized spacial score (nSPS) is 16.8. The molecule has 8 heteroatoms. The Morgan fingerprint density at radius 2 is 2.11 bits per heavy atom. The zero-order valence-electron chi connectivity index (χ0n) is 16.3. The number of carboxylic acid groups (broad SMARTS) is 1. The number of benzene rings is 1. The molecule has 0 aliphatic carbocycles. The molecule has 2 aromatic rings. The fraction of sp³-hybridized carbons (Fsp3) is 0.500. The maximum absolute atomic E-state index is 12.3. The molecule has 0 radical (unpaired) electrons. The van der Waals surface area contributed by atoms with Crippen LogP contribution in [-0.2, 0) is 11.2 Å². The summed E-state index contributed by atoms with van der Waals surface area (Å²) in [7, 11) is 3.25. The molecule has 1 saturated heterocycles. The van der Waals surface area contributed by atoms with E-state index in [0.29, 0.717) is 19.5 Å². The lowest BCUT2D eigenvalue weighted by molar-refractivity contribution is -0.143. The van der Waals surface area contributed by atoms with Gasteiger partial charge in [-0.25, -0.2) is 4.79 Å². The van der Waals surface area contributed by atoms with Crippen LogP contribution in [0.2, 0.25) is 0 Å². The molecule has 152 valence electrons. The number of aliphatic carboxylic acids is 1. The summed E-state index contributed by atoms with van der Waals surface area (Å²) < 4.78 is 10.7. The van der Waals surface area contributed by atoms with Crippen molar-refractivity contribution in [3.8, 4) is 11.5 Å². The van der Waals surface area contributed by atoms with Gasteiger partial charge in [0.25, 0.3) is 0 Å². The SMILES string of the molecule is COc1cc(OC)c2cc(CCCNC(=O)N3CCCC(C(=O)O)C3)[nH]c2c1. The first-order chi connectivity index (χ1) is 13.5. The summed E-state index contributed by atoms with van der Waals surface area (Å²) >= 11 is 0. The Balaban J connectivity index is 1.51. The second-order valence-corrected chi connectivity index (χ2v) is 7.04. The summed E-state index contributed by atoms with van der Waals surface area (Å²) in [5.41, 5.74) is 2.00. The molecule has 28 heavy (non-hydrogen) atoms. The molecule has 1 unspecified atom stereocenters. The van der Waals surface area contributed by atoms with Gasteiger partial charge < -0.3 is 29.8 Å². The molecule has 1 fully saturated rings. The Labute approximate surface area is 163 Å². The highest BCUT2D eigenvalue weighted by Gasteiger charge is 2.27. The van der Waals surface area contributed by atoms with Crippen molar-refractivity contribution in [3.63, 3.8) is 0 Å². The quantitative estimate of drug-likeness (QED) is 0.632. The van der Waals surface area contributed by atoms with Crippen LogP contribution in [0.25, 0.3) is 10.9 Å². The van der Waals surface area contributed by atoms with Crippen LogP contribution in [-0.4, -0.2) is 60.8 Å². The first-order valence-electron chi connectivity index (χ1n) is 9.51. The smallest absolute Gasteiger partial charge is 0.317 e. The number of piperidine rings is 1. The Kier molecular flexibility index (Phi) is 6.28. The first-order valence-corrected chi connectivity index (χ1v) is 9.51. The lowest BCUT2D eigenvalue weighted by atomic mass is 9.99. The summed E-state index contributed by atoms with van der Waals surface area (Å²) in [6.45, 7) is 1.42. The molecule has 1 aromatic carbocycles. The fourth-order valence-electron chi connectivity index (χ4n) is 3.61. The number of fused-ring (bicyclic) bond motifs is 1. The van der Waals surface area contributed by atoms with Gasteiger partial charge in [-0.1, -0.05) is 0 Å². The van der Waals surface area contributed by atoms with Gasteiger partial charge in [-0.15, -0.1) is 0 Å². The number of carbonyl (C=O) groups is 2. The van der Waals surface area contributed by atoms with Crippen molar-refractivity contribution < 1.29 is 24.2 Å². The van der Waals surface area contributed by atoms with Gasteiger partial charge in [0.05, 0.1) is 25.7 Å². The van der Waals surface area contributed by atoms with E-state index in [1.54, 1.807) is 19.1 Å². The van der Waals surface area contributed by atoms with Crippen molar-refractivity contribution in [1.82, 2.24) is 15.2 Å². The first kappa shape index (κ1) is 19.9. The third-order valence-corrected chi connectivity index (χ3v) is 5.14. The monoisotopic (exact) mass is 389 g/mol. The molecule has 0 spiro atoms. The van der Waals surface area contributed by atoms with Crippen LogP contribution in [0.1, 0.15) is 25.0 Å². The van der Waals surface area contributed by atoms with Gasteiger partial charge in [-0.3, -0.25) is 4.79 Å². The number of rotatable bonds is 7. The molecular weight excluding hydrogens is 362 g/mol. The van der Waals surface area contributed by atoms with Crippen molar-refractivity contribution in [2.24, 2.45) is 5.92 Å². The number of likely N-dealkylation sites (tertiary alicyclic amines) is 1. The highest BCUT2D eigenvalue weighted by atomic mass is 16.5. The molecule has 0 bridgehead atoms. The van der Waals surface area contributed by atoms with Gasteiger partial charge in [0.15, 0.2) is 0 Å². The number of carboxylic acids is 1. The van der Waals surface area contributed by atoms with E-state index < -0.39 is 11.9 Å². The Morgan fingerprint density at radius 3 is 2.82 bits per heavy atom. The summed E-state index contributed by atoms with van der Waals surface area (Å²) in [6, 6.07) is 5.65. The largest absolute Gasteiger partial charge is 0.497 e. The van der Waals surface area contributed by atoms with E-state index in [1.165, 1.54) is 0 Å². The van der Waals surface area contributed by atoms with Gasteiger partial charge in [-0.05, 0) is 31.7 Å². The number of urea groups is 1. The van der Waals surface area contributed by atoms with Crippen LogP contribution < -0.4 is 14.8 Å². The Morgan fingerprint density at radius 1 is 1.29 bits per heavy atom. The molecule has 3 N–H and O–H groups in total. The topological polar surface area (TPSA) is 104 Å². The van der Waals surface area contributed by atoms with Crippen LogP contribution in [0.4, 0.5) is 4.79 Å². The van der Waals surface area contributed by atoms with Crippen LogP contribution in [0, 0.1) is 5.92 Å². The third kappa shape index (κ3) is 4.49. The molecule has 1 aromatic heterocycles. The minimum atomic E-state index is -0.830. The summed E-state index contributed by atoms with van der Waals surface area (Å²) in [5.74, 6) is 0.190. The molecular formula is C20H27N3O5. The summed E-state index contributed by atoms with van der Waals surface area (Å²) in [6.07, 6.45) is 2.91. The number of H-pyrrole nitrogens is 1. The molecule has 8 nitrogen and oxygen atoms in total. The summed E-state index contributed by atoms with van der Waals surface area (Å²) in [4.78, 5) is 28.3. The number of aromatic nitrogens is 1. The number of methoxy groups -OCH3 is 2.